The molecular formula is C19H25N3O2. The number of aromatic nitrogens is 1. The van der Waals surface area contributed by atoms with Crippen molar-refractivity contribution >= 4 is 11.7 Å². The second-order valence-corrected chi connectivity index (χ2v) is 5.86. The van der Waals surface area contributed by atoms with Crippen LogP contribution in [0.4, 0.5) is 5.82 Å². The summed E-state index contributed by atoms with van der Waals surface area (Å²) in [5.74, 6) is 0.687. The summed E-state index contributed by atoms with van der Waals surface area (Å²) in [6.07, 6.45) is 1.68. The molecule has 0 aliphatic rings. The van der Waals surface area contributed by atoms with Gasteiger partial charge in [0.2, 0.25) is 0 Å². The summed E-state index contributed by atoms with van der Waals surface area (Å²) in [6, 6.07) is 14.1. The smallest absolute Gasteiger partial charge is 0.251 e. The van der Waals surface area contributed by atoms with Crippen molar-refractivity contribution < 1.29 is 9.53 Å². The first-order chi connectivity index (χ1) is 11.6. The Labute approximate surface area is 143 Å². The number of nitrogens with zero attached hydrogens (tertiary/aromatic N) is 2. The number of rotatable bonds is 8. The molecule has 0 radical (unpaired) electrons. The van der Waals surface area contributed by atoms with E-state index in [1.54, 1.807) is 19.4 Å². The molecule has 1 heterocycles. The van der Waals surface area contributed by atoms with Gasteiger partial charge in [0.05, 0.1) is 6.61 Å². The number of hydrogen-bond acceptors (Lipinski definition) is 4. The molecule has 0 bridgehead atoms. The molecule has 2 aromatic rings. The molecule has 24 heavy (non-hydrogen) atoms. The molecule has 0 saturated heterocycles. The molecule has 1 aromatic carbocycles. The van der Waals surface area contributed by atoms with Gasteiger partial charge in [0.15, 0.2) is 0 Å². The fraction of sp³-hybridized carbons (Fsp3) is 0.368. The molecule has 5 heteroatoms. The minimum atomic E-state index is -0.112. The third-order valence-corrected chi connectivity index (χ3v) is 3.71. The van der Waals surface area contributed by atoms with E-state index in [0.29, 0.717) is 18.7 Å². The third kappa shape index (κ3) is 5.06. The highest BCUT2D eigenvalue weighted by atomic mass is 16.5. The van der Waals surface area contributed by atoms with Crippen molar-refractivity contribution in [3.63, 3.8) is 0 Å². The number of anilines is 1. The molecular weight excluding hydrogens is 302 g/mol. The Morgan fingerprint density at radius 1 is 1.25 bits per heavy atom. The van der Waals surface area contributed by atoms with E-state index in [1.807, 2.05) is 24.3 Å². The van der Waals surface area contributed by atoms with Gasteiger partial charge >= 0.3 is 0 Å². The fourth-order valence-corrected chi connectivity index (χ4v) is 2.39. The van der Waals surface area contributed by atoms with Crippen LogP contribution in [0.3, 0.4) is 0 Å². The minimum Gasteiger partial charge on any atom is -0.383 e. The molecule has 1 N–H and O–H groups in total. The number of ether oxygens (including phenoxy) is 1. The number of methoxy groups -OCH3 is 1. The molecule has 5 nitrogen and oxygen atoms in total. The zero-order valence-electron chi connectivity index (χ0n) is 14.5. The van der Waals surface area contributed by atoms with Crippen LogP contribution in [0.1, 0.15) is 29.8 Å². The Balaban J connectivity index is 2.15. The zero-order valence-corrected chi connectivity index (χ0v) is 14.5. The van der Waals surface area contributed by atoms with Gasteiger partial charge in [-0.3, -0.25) is 4.79 Å². The van der Waals surface area contributed by atoms with Gasteiger partial charge in [0.25, 0.3) is 5.91 Å². The van der Waals surface area contributed by atoms with E-state index in [4.69, 9.17) is 4.74 Å². The topological polar surface area (TPSA) is 54.5 Å². The van der Waals surface area contributed by atoms with Crippen molar-refractivity contribution in [2.75, 3.05) is 25.2 Å². The maximum absolute atomic E-state index is 12.2. The first-order valence-corrected chi connectivity index (χ1v) is 8.15. The van der Waals surface area contributed by atoms with E-state index in [2.05, 4.69) is 41.2 Å². The lowest BCUT2D eigenvalue weighted by molar-refractivity contribution is 0.0937. The van der Waals surface area contributed by atoms with Gasteiger partial charge in [-0.1, -0.05) is 30.3 Å². The lowest BCUT2D eigenvalue weighted by Gasteiger charge is -2.28. The number of carbonyl (C=O) groups is 1. The standard InChI is InChI=1S/C19H25N3O2/c1-15(2)22(14-16-7-5-4-6-8-16)18-13-17(9-10-20-18)19(23)21-11-12-24-3/h4-10,13,15H,11-12,14H2,1-3H3,(H,21,23). The summed E-state index contributed by atoms with van der Waals surface area (Å²) in [5, 5.41) is 2.83. The van der Waals surface area contributed by atoms with Crippen molar-refractivity contribution in [3.05, 3.63) is 59.8 Å². The van der Waals surface area contributed by atoms with Gasteiger partial charge < -0.3 is 15.0 Å². The zero-order chi connectivity index (χ0) is 17.4. The number of benzene rings is 1. The summed E-state index contributed by atoms with van der Waals surface area (Å²) in [5.41, 5.74) is 1.82. The van der Waals surface area contributed by atoms with Gasteiger partial charge in [-0.15, -0.1) is 0 Å². The number of hydrogen-bond donors (Lipinski definition) is 1. The van der Waals surface area contributed by atoms with Gasteiger partial charge in [0.1, 0.15) is 5.82 Å². The summed E-state index contributed by atoms with van der Waals surface area (Å²) in [6.45, 7) is 5.98. The molecule has 0 spiro atoms. The highest BCUT2D eigenvalue weighted by Gasteiger charge is 2.15. The summed E-state index contributed by atoms with van der Waals surface area (Å²) >= 11 is 0. The fourth-order valence-electron chi connectivity index (χ4n) is 2.39. The quantitative estimate of drug-likeness (QED) is 0.758. The third-order valence-electron chi connectivity index (χ3n) is 3.71. The van der Waals surface area contributed by atoms with Crippen LogP contribution in [-0.4, -0.2) is 37.2 Å². The molecule has 2 rings (SSSR count). The SMILES string of the molecule is COCCNC(=O)c1ccnc(N(Cc2ccccc2)C(C)C)c1. The van der Waals surface area contributed by atoms with Crippen molar-refractivity contribution in [3.8, 4) is 0 Å². The molecule has 0 atom stereocenters. The highest BCUT2D eigenvalue weighted by molar-refractivity contribution is 5.94. The monoisotopic (exact) mass is 327 g/mol. The summed E-state index contributed by atoms with van der Waals surface area (Å²) < 4.78 is 4.95. The normalized spacial score (nSPS) is 10.7. The van der Waals surface area contributed by atoms with Gasteiger partial charge in [-0.25, -0.2) is 4.98 Å². The maximum atomic E-state index is 12.2. The second kappa shape index (κ2) is 9.03. The molecule has 0 fully saturated rings. The van der Waals surface area contributed by atoms with Crippen LogP contribution < -0.4 is 10.2 Å². The van der Waals surface area contributed by atoms with Crippen LogP contribution in [0.2, 0.25) is 0 Å². The van der Waals surface area contributed by atoms with Crippen molar-refractivity contribution in [1.82, 2.24) is 10.3 Å². The van der Waals surface area contributed by atoms with Gasteiger partial charge in [-0.05, 0) is 31.5 Å². The minimum absolute atomic E-state index is 0.112. The number of pyridine rings is 1. The van der Waals surface area contributed by atoms with Gasteiger partial charge in [-0.2, -0.15) is 0 Å². The van der Waals surface area contributed by atoms with Crippen molar-refractivity contribution in [2.45, 2.75) is 26.4 Å². The average molecular weight is 327 g/mol. The molecule has 0 unspecified atom stereocenters. The second-order valence-electron chi connectivity index (χ2n) is 5.86. The van der Waals surface area contributed by atoms with Crippen LogP contribution in [0.5, 0.6) is 0 Å². The average Bonchev–Trinajstić information content (AvgIpc) is 2.60. The molecule has 0 aliphatic heterocycles. The number of nitrogens with one attached hydrogen (secondary N) is 1. The Morgan fingerprint density at radius 3 is 2.67 bits per heavy atom. The van der Waals surface area contributed by atoms with Gasteiger partial charge in [0, 0.05) is 38.0 Å². The predicted molar refractivity (Wildman–Crippen MR) is 96.2 cm³/mol. The Kier molecular flexibility index (Phi) is 6.75. The Morgan fingerprint density at radius 2 is 2.00 bits per heavy atom. The van der Waals surface area contributed by atoms with Crippen LogP contribution in [0.15, 0.2) is 48.7 Å². The predicted octanol–water partition coefficient (Wildman–Crippen LogP) is 2.87. The highest BCUT2D eigenvalue weighted by Crippen LogP contribution is 2.19. The number of carbonyl (C=O) groups excluding carboxylic acids is 1. The molecule has 1 aromatic heterocycles. The lowest BCUT2D eigenvalue weighted by atomic mass is 10.1. The molecule has 1 amide bonds. The maximum Gasteiger partial charge on any atom is 0.251 e. The Hall–Kier alpha value is -2.40. The van der Waals surface area contributed by atoms with E-state index in [9.17, 15) is 4.79 Å². The van der Waals surface area contributed by atoms with Crippen molar-refractivity contribution in [1.29, 1.82) is 0 Å². The van der Waals surface area contributed by atoms with E-state index in [0.717, 1.165) is 12.4 Å². The first-order valence-electron chi connectivity index (χ1n) is 8.15. The lowest BCUT2D eigenvalue weighted by Crippen LogP contribution is -2.32. The van der Waals surface area contributed by atoms with Crippen LogP contribution in [-0.2, 0) is 11.3 Å². The van der Waals surface area contributed by atoms with Crippen LogP contribution in [0.25, 0.3) is 0 Å². The van der Waals surface area contributed by atoms with E-state index in [1.165, 1.54) is 5.56 Å². The molecule has 128 valence electrons. The van der Waals surface area contributed by atoms with Crippen LogP contribution in [0, 0.1) is 0 Å². The largest absolute Gasteiger partial charge is 0.383 e. The van der Waals surface area contributed by atoms with E-state index < -0.39 is 0 Å². The van der Waals surface area contributed by atoms with Crippen LogP contribution >= 0.6 is 0 Å². The first kappa shape index (κ1) is 17.9. The van der Waals surface area contributed by atoms with E-state index >= 15 is 0 Å². The molecule has 0 aliphatic carbocycles. The van der Waals surface area contributed by atoms with Crippen molar-refractivity contribution in [2.24, 2.45) is 0 Å². The van der Waals surface area contributed by atoms with E-state index in [-0.39, 0.29) is 11.9 Å². The molecule has 0 saturated carbocycles. The Bertz CT molecular complexity index is 644. The summed E-state index contributed by atoms with van der Waals surface area (Å²) in [4.78, 5) is 18.8. The summed E-state index contributed by atoms with van der Waals surface area (Å²) in [7, 11) is 1.61. The number of amides is 1.